The van der Waals surface area contributed by atoms with E-state index in [1.165, 1.54) is 12.1 Å². The monoisotopic (exact) mass is 430 g/mol. The number of anilines is 1. The van der Waals surface area contributed by atoms with Crippen LogP contribution in [0.1, 0.15) is 5.56 Å². The molecule has 1 saturated heterocycles. The van der Waals surface area contributed by atoms with E-state index in [9.17, 15) is 9.50 Å². The van der Waals surface area contributed by atoms with Gasteiger partial charge in [-0.05, 0) is 47.5 Å². The summed E-state index contributed by atoms with van der Waals surface area (Å²) in [6.07, 6.45) is 3.65. The number of aliphatic hydroxyl groups is 1. The molecule has 8 heteroatoms. The van der Waals surface area contributed by atoms with Crippen molar-refractivity contribution in [1.29, 1.82) is 0 Å². The van der Waals surface area contributed by atoms with Crippen molar-refractivity contribution >= 4 is 5.69 Å². The molecule has 1 unspecified atom stereocenters. The molecule has 6 rings (SSSR count). The van der Waals surface area contributed by atoms with Crippen molar-refractivity contribution in [1.82, 2.24) is 19.3 Å². The second-order valence-electron chi connectivity index (χ2n) is 8.57. The predicted molar refractivity (Wildman–Crippen MR) is 120 cm³/mol. The third-order valence-corrected chi connectivity index (χ3v) is 6.57. The van der Waals surface area contributed by atoms with Gasteiger partial charge in [-0.2, -0.15) is 5.10 Å². The van der Waals surface area contributed by atoms with Crippen LogP contribution in [0.15, 0.2) is 61.1 Å². The van der Waals surface area contributed by atoms with Crippen LogP contribution in [0, 0.1) is 11.7 Å². The molecule has 2 aliphatic rings. The first-order valence-corrected chi connectivity index (χ1v) is 10.7. The average Bonchev–Trinajstić information content (AvgIpc) is 3.51. The van der Waals surface area contributed by atoms with Crippen molar-refractivity contribution < 1.29 is 9.50 Å². The van der Waals surface area contributed by atoms with Crippen LogP contribution in [0.2, 0.25) is 0 Å². The Morgan fingerprint density at radius 2 is 1.91 bits per heavy atom. The van der Waals surface area contributed by atoms with E-state index in [1.807, 2.05) is 4.68 Å². The molecule has 3 N–H and O–H groups in total. The summed E-state index contributed by atoms with van der Waals surface area (Å²) in [7, 11) is 0. The number of aromatic nitrogens is 4. The summed E-state index contributed by atoms with van der Waals surface area (Å²) in [5.74, 6) is 0.610. The Morgan fingerprint density at radius 3 is 2.69 bits per heavy atom. The molecule has 0 saturated carbocycles. The molecule has 1 fully saturated rings. The fourth-order valence-corrected chi connectivity index (χ4v) is 4.81. The Hall–Kier alpha value is -3.49. The van der Waals surface area contributed by atoms with Gasteiger partial charge in [-0.15, -0.1) is 0 Å². The number of nitrogens with zero attached hydrogens (tertiary/aromatic N) is 5. The molecule has 2 aliphatic heterocycles. The first-order chi connectivity index (χ1) is 15.6. The van der Waals surface area contributed by atoms with Gasteiger partial charge in [0, 0.05) is 55.6 Å². The molecular formula is C24H23FN6O. The van der Waals surface area contributed by atoms with E-state index >= 15 is 0 Å². The van der Waals surface area contributed by atoms with Gasteiger partial charge in [0.15, 0.2) is 5.82 Å². The van der Waals surface area contributed by atoms with Gasteiger partial charge in [0.05, 0.1) is 11.4 Å². The topological polar surface area (TPSA) is 85.1 Å². The van der Waals surface area contributed by atoms with Gasteiger partial charge >= 0.3 is 0 Å². The van der Waals surface area contributed by atoms with Crippen LogP contribution in [-0.4, -0.2) is 50.2 Å². The normalized spacial score (nSPS) is 19.4. The van der Waals surface area contributed by atoms with E-state index in [-0.39, 0.29) is 24.4 Å². The van der Waals surface area contributed by atoms with Crippen LogP contribution in [0.25, 0.3) is 28.3 Å². The molecule has 0 spiro atoms. The highest BCUT2D eigenvalue weighted by molar-refractivity contribution is 5.71. The number of aliphatic hydroxyl groups excluding tert-OH is 1. The highest BCUT2D eigenvalue weighted by atomic mass is 19.1. The van der Waals surface area contributed by atoms with Gasteiger partial charge in [-0.25, -0.2) is 14.1 Å². The smallest absolute Gasteiger partial charge is 0.179 e. The Kier molecular flexibility index (Phi) is 4.38. The first-order valence-electron chi connectivity index (χ1n) is 10.7. The van der Waals surface area contributed by atoms with Gasteiger partial charge < -0.3 is 20.3 Å². The number of halogens is 1. The van der Waals surface area contributed by atoms with Crippen molar-refractivity contribution in [3.05, 3.63) is 72.4 Å². The molecule has 0 bridgehead atoms. The van der Waals surface area contributed by atoms with Crippen LogP contribution in [0.4, 0.5) is 10.1 Å². The van der Waals surface area contributed by atoms with Gasteiger partial charge in [0.25, 0.3) is 0 Å². The number of hydrogen-bond acceptors (Lipinski definition) is 5. The van der Waals surface area contributed by atoms with Crippen molar-refractivity contribution in [2.24, 2.45) is 11.7 Å². The van der Waals surface area contributed by atoms with Crippen molar-refractivity contribution in [2.75, 3.05) is 24.6 Å². The Morgan fingerprint density at radius 1 is 1.06 bits per heavy atom. The van der Waals surface area contributed by atoms with E-state index in [4.69, 9.17) is 5.73 Å². The highest BCUT2D eigenvalue weighted by Gasteiger charge is 2.30. The molecule has 4 aromatic rings. The predicted octanol–water partition coefficient (Wildman–Crippen LogP) is 2.66. The lowest BCUT2D eigenvalue weighted by Crippen LogP contribution is -2.31. The second kappa shape index (κ2) is 7.29. The van der Waals surface area contributed by atoms with Gasteiger partial charge in [0.2, 0.25) is 0 Å². The lowest BCUT2D eigenvalue weighted by molar-refractivity contribution is 0.228. The molecule has 2 atom stereocenters. The summed E-state index contributed by atoms with van der Waals surface area (Å²) in [5.41, 5.74) is 12.3. The van der Waals surface area contributed by atoms with E-state index in [0.717, 1.165) is 52.7 Å². The minimum absolute atomic E-state index is 0.0324. The Balaban J connectivity index is 1.42. The summed E-state index contributed by atoms with van der Waals surface area (Å²) in [6, 6.07) is 14.9. The van der Waals surface area contributed by atoms with Gasteiger partial charge in [0.1, 0.15) is 12.1 Å². The molecule has 32 heavy (non-hydrogen) atoms. The SMILES string of the molecule is N[C@@H]1CN(c2ccc3c(c2)Cn2cc(-c4ccc(F)cc4)cc2-c2ncnn2-3)CC1CO. The van der Waals surface area contributed by atoms with E-state index in [0.29, 0.717) is 6.54 Å². The zero-order valence-corrected chi connectivity index (χ0v) is 17.4. The number of fused-ring (bicyclic) bond motifs is 5. The zero-order chi connectivity index (χ0) is 21.8. The van der Waals surface area contributed by atoms with Crippen LogP contribution >= 0.6 is 0 Å². The molecule has 0 radical (unpaired) electrons. The van der Waals surface area contributed by atoms with Crippen molar-refractivity contribution in [2.45, 2.75) is 12.6 Å². The average molecular weight is 430 g/mol. The van der Waals surface area contributed by atoms with Crippen molar-refractivity contribution in [3.8, 4) is 28.3 Å². The summed E-state index contributed by atoms with van der Waals surface area (Å²) in [4.78, 5) is 6.76. The zero-order valence-electron chi connectivity index (χ0n) is 17.4. The minimum atomic E-state index is -0.249. The molecule has 7 nitrogen and oxygen atoms in total. The maximum atomic E-state index is 13.4. The molecule has 2 aromatic heterocycles. The summed E-state index contributed by atoms with van der Waals surface area (Å²) >= 11 is 0. The lowest BCUT2D eigenvalue weighted by Gasteiger charge is -2.20. The minimum Gasteiger partial charge on any atom is -0.396 e. The standard InChI is InChI=1S/C24H23FN6O/c25-19-3-1-15(2-4-19)16-8-23-24-27-14-28-31(24)22-6-5-20(7-17(22)10-30(23)9-16)29-11-18(13-32)21(26)12-29/h1-9,14,18,21,32H,10-13,26H2/t18?,21-/m1/s1. The van der Waals surface area contributed by atoms with Gasteiger partial charge in [-0.1, -0.05) is 12.1 Å². The molecule has 2 aromatic carbocycles. The van der Waals surface area contributed by atoms with Crippen LogP contribution in [-0.2, 0) is 6.54 Å². The molecule has 0 amide bonds. The highest BCUT2D eigenvalue weighted by Crippen LogP contribution is 2.35. The first kappa shape index (κ1) is 19.2. The Labute approximate surface area is 184 Å². The largest absolute Gasteiger partial charge is 0.396 e. The molecule has 162 valence electrons. The van der Waals surface area contributed by atoms with E-state index in [2.05, 4.69) is 50.0 Å². The fourth-order valence-electron chi connectivity index (χ4n) is 4.81. The van der Waals surface area contributed by atoms with E-state index in [1.54, 1.807) is 18.5 Å². The Bertz CT molecular complexity index is 1290. The summed E-state index contributed by atoms with van der Waals surface area (Å²) in [6.45, 7) is 2.23. The van der Waals surface area contributed by atoms with E-state index < -0.39 is 0 Å². The number of rotatable bonds is 3. The van der Waals surface area contributed by atoms with Crippen LogP contribution < -0.4 is 10.6 Å². The summed E-state index contributed by atoms with van der Waals surface area (Å²) in [5, 5.41) is 14.1. The molecule has 4 heterocycles. The maximum Gasteiger partial charge on any atom is 0.179 e. The van der Waals surface area contributed by atoms with Crippen LogP contribution in [0.3, 0.4) is 0 Å². The third-order valence-electron chi connectivity index (χ3n) is 6.57. The summed E-state index contributed by atoms with van der Waals surface area (Å²) < 4.78 is 17.4. The quantitative estimate of drug-likeness (QED) is 0.460. The number of benzene rings is 2. The number of hydrogen-bond donors (Lipinski definition) is 2. The van der Waals surface area contributed by atoms with Crippen molar-refractivity contribution in [3.63, 3.8) is 0 Å². The third kappa shape index (κ3) is 3.03. The maximum absolute atomic E-state index is 13.4. The van der Waals surface area contributed by atoms with Gasteiger partial charge in [-0.3, -0.25) is 0 Å². The van der Waals surface area contributed by atoms with Crippen LogP contribution in [0.5, 0.6) is 0 Å². The molecule has 0 aliphatic carbocycles. The second-order valence-corrected chi connectivity index (χ2v) is 8.57. The molecular weight excluding hydrogens is 407 g/mol. The lowest BCUT2D eigenvalue weighted by atomic mass is 10.1. The fraction of sp³-hybridized carbons (Fsp3) is 0.250. The number of nitrogens with two attached hydrogens (primary N) is 1.